The van der Waals surface area contributed by atoms with Gasteiger partial charge < -0.3 is 0 Å². The molecule has 2 atom stereocenters. The van der Waals surface area contributed by atoms with E-state index in [1.54, 1.807) is 0 Å². The zero-order chi connectivity index (χ0) is 7.98. The van der Waals surface area contributed by atoms with Crippen LogP contribution in [0.25, 0.3) is 0 Å². The van der Waals surface area contributed by atoms with Crippen molar-refractivity contribution in [2.24, 2.45) is 0 Å². The minimum Gasteiger partial charge on any atom is -0.160 e. The van der Waals surface area contributed by atoms with Crippen molar-refractivity contribution in [3.63, 3.8) is 0 Å². The van der Waals surface area contributed by atoms with Crippen LogP contribution in [0.3, 0.4) is 0 Å². The summed E-state index contributed by atoms with van der Waals surface area (Å²) in [7, 11) is -4.29. The Morgan fingerprint density at radius 2 is 1.30 bits per heavy atom. The van der Waals surface area contributed by atoms with Crippen molar-refractivity contribution in [2.75, 3.05) is 12.3 Å². The second-order valence-corrected chi connectivity index (χ2v) is 3.68. The minimum atomic E-state index is -2.14. The first-order chi connectivity index (χ1) is 4.63. The van der Waals surface area contributed by atoms with Crippen LogP contribution in [0.15, 0.2) is 12.2 Å². The number of rotatable bonds is 4. The number of hydrogen-bond donors (Lipinski definition) is 2. The molecule has 0 bridgehead atoms. The van der Waals surface area contributed by atoms with Crippen molar-refractivity contribution in [2.45, 2.75) is 0 Å². The van der Waals surface area contributed by atoms with Gasteiger partial charge in [-0.05, 0) is 21.3 Å². The maximum atomic E-state index is 10.0. The highest BCUT2D eigenvalue weighted by atomic mass is 31.1. The van der Waals surface area contributed by atoms with Gasteiger partial charge in [0, 0.05) is 0 Å². The maximum absolute atomic E-state index is 10.0. The summed E-state index contributed by atoms with van der Waals surface area (Å²) in [5, 5.41) is 0. The summed E-state index contributed by atoms with van der Waals surface area (Å²) >= 11 is 0. The van der Waals surface area contributed by atoms with Crippen LogP contribution >= 0.6 is 16.1 Å². The third-order valence-electron chi connectivity index (χ3n) is 0.690. The van der Waals surface area contributed by atoms with Gasteiger partial charge in [0.2, 0.25) is 0 Å². The summed E-state index contributed by atoms with van der Waals surface area (Å²) in [6.07, 6.45) is 2.95. The van der Waals surface area contributed by atoms with Crippen molar-refractivity contribution in [1.82, 2.24) is 0 Å². The lowest BCUT2D eigenvalue weighted by molar-refractivity contribution is 0.504. The van der Waals surface area contributed by atoms with Gasteiger partial charge in [-0.15, -0.1) is 0 Å². The van der Waals surface area contributed by atoms with Gasteiger partial charge >= 0.3 is 16.1 Å². The summed E-state index contributed by atoms with van der Waals surface area (Å²) in [6, 6.07) is 0. The van der Waals surface area contributed by atoms with E-state index < -0.39 is 16.1 Å². The third kappa shape index (κ3) is 7.86. The Hall–Kier alpha value is -0.140. The third-order valence-corrected chi connectivity index (χ3v) is 1.74. The first-order valence-electron chi connectivity index (χ1n) is 2.55. The molecule has 0 fully saturated rings. The van der Waals surface area contributed by atoms with Gasteiger partial charge in [0.15, 0.2) is 12.3 Å². The molecule has 56 valence electrons. The molecular formula is C4H8O4P2+2. The van der Waals surface area contributed by atoms with Crippen LogP contribution in [0.5, 0.6) is 0 Å². The van der Waals surface area contributed by atoms with Gasteiger partial charge in [0.25, 0.3) is 0 Å². The topological polar surface area (TPSA) is 74.6 Å². The van der Waals surface area contributed by atoms with Crippen molar-refractivity contribution < 1.29 is 18.9 Å². The molecule has 0 aliphatic rings. The van der Waals surface area contributed by atoms with E-state index in [1.807, 2.05) is 0 Å². The Morgan fingerprint density at radius 3 is 1.50 bits per heavy atom. The lowest BCUT2D eigenvalue weighted by atomic mass is 10.6. The standard InChI is InChI=1S/C4H6O4P2/c5-9(6)3-1-2-4-10(7)8/h1-2H,3-4H2/p+2. The first kappa shape index (κ1) is 9.86. The van der Waals surface area contributed by atoms with Crippen LogP contribution in [0.1, 0.15) is 0 Å². The summed E-state index contributed by atoms with van der Waals surface area (Å²) in [6.45, 7) is 0. The molecule has 2 unspecified atom stereocenters. The van der Waals surface area contributed by atoms with Gasteiger partial charge in [-0.1, -0.05) is 0 Å². The van der Waals surface area contributed by atoms with Gasteiger partial charge in [0.05, 0.1) is 0 Å². The van der Waals surface area contributed by atoms with Gasteiger partial charge in [0.1, 0.15) is 0 Å². The molecule has 0 radical (unpaired) electrons. The highest BCUT2D eigenvalue weighted by molar-refractivity contribution is 7.38. The Labute approximate surface area is 60.3 Å². The normalized spacial score (nSPS) is 13.8. The smallest absolute Gasteiger partial charge is 0.160 e. The van der Waals surface area contributed by atoms with E-state index in [9.17, 15) is 9.13 Å². The molecule has 0 rings (SSSR count). The summed E-state index contributed by atoms with van der Waals surface area (Å²) in [5.41, 5.74) is 0. The Bertz CT molecular complexity index is 147. The molecule has 0 aromatic rings. The van der Waals surface area contributed by atoms with Crippen LogP contribution in [0.2, 0.25) is 0 Å². The monoisotopic (exact) mass is 182 g/mol. The van der Waals surface area contributed by atoms with E-state index in [0.717, 1.165) is 0 Å². The molecule has 0 aromatic carbocycles. The fraction of sp³-hybridized carbons (Fsp3) is 0.500. The van der Waals surface area contributed by atoms with Crippen LogP contribution < -0.4 is 0 Å². The van der Waals surface area contributed by atoms with Crippen molar-refractivity contribution in [1.29, 1.82) is 0 Å². The maximum Gasteiger partial charge on any atom is 0.509 e. The Balaban J connectivity index is 3.38. The fourth-order valence-electron chi connectivity index (χ4n) is 0.329. The molecule has 10 heavy (non-hydrogen) atoms. The average molecular weight is 182 g/mol. The fourth-order valence-corrected chi connectivity index (χ4v) is 0.988. The van der Waals surface area contributed by atoms with E-state index in [2.05, 4.69) is 0 Å². The summed E-state index contributed by atoms with van der Waals surface area (Å²) in [5.74, 6) is 0. The molecule has 0 aliphatic heterocycles. The summed E-state index contributed by atoms with van der Waals surface area (Å²) in [4.78, 5) is 16.5. The first-order valence-corrected chi connectivity index (χ1v) is 5.34. The zero-order valence-corrected chi connectivity index (χ0v) is 6.96. The highest BCUT2D eigenvalue weighted by Crippen LogP contribution is 2.14. The second-order valence-electron chi connectivity index (χ2n) is 1.54. The molecule has 0 amide bonds. The van der Waals surface area contributed by atoms with Gasteiger partial charge in [-0.2, -0.15) is 9.79 Å². The number of allylic oxidation sites excluding steroid dienone is 2. The quantitative estimate of drug-likeness (QED) is 0.502. The molecule has 0 heterocycles. The molecule has 0 saturated heterocycles. The largest absolute Gasteiger partial charge is 0.509 e. The SMILES string of the molecule is O=[P+](O)CC=CC[P+](=O)O. The molecule has 0 aromatic heterocycles. The number of hydrogen-bond acceptors (Lipinski definition) is 2. The molecule has 6 heteroatoms. The van der Waals surface area contributed by atoms with Crippen LogP contribution in [-0.2, 0) is 9.13 Å². The van der Waals surface area contributed by atoms with Crippen LogP contribution in [0, 0.1) is 0 Å². The minimum absolute atomic E-state index is 0.0541. The molecule has 4 nitrogen and oxygen atoms in total. The van der Waals surface area contributed by atoms with Gasteiger partial charge in [-0.3, -0.25) is 0 Å². The van der Waals surface area contributed by atoms with Crippen molar-refractivity contribution in [3.05, 3.63) is 12.2 Å². The van der Waals surface area contributed by atoms with E-state index >= 15 is 0 Å². The second kappa shape index (κ2) is 5.63. The zero-order valence-electron chi connectivity index (χ0n) is 5.17. The Kier molecular flexibility index (Phi) is 5.55. The molecule has 0 saturated carbocycles. The molecular weight excluding hydrogens is 174 g/mol. The van der Waals surface area contributed by atoms with Crippen molar-refractivity contribution in [3.8, 4) is 0 Å². The predicted molar refractivity (Wildman–Crippen MR) is 38.5 cm³/mol. The predicted octanol–water partition coefficient (Wildman–Crippen LogP) is 1.01. The highest BCUT2D eigenvalue weighted by Gasteiger charge is 2.07. The van der Waals surface area contributed by atoms with E-state index in [1.165, 1.54) is 12.2 Å². The van der Waals surface area contributed by atoms with E-state index in [0.29, 0.717) is 0 Å². The van der Waals surface area contributed by atoms with Crippen LogP contribution in [-0.4, -0.2) is 22.1 Å². The van der Waals surface area contributed by atoms with E-state index in [-0.39, 0.29) is 12.3 Å². The Morgan fingerprint density at radius 1 is 1.00 bits per heavy atom. The molecule has 0 aliphatic carbocycles. The van der Waals surface area contributed by atoms with Gasteiger partial charge in [-0.25, -0.2) is 0 Å². The molecule has 2 N–H and O–H groups in total. The molecule has 0 spiro atoms. The lowest BCUT2D eigenvalue weighted by Gasteiger charge is -1.68. The van der Waals surface area contributed by atoms with Crippen molar-refractivity contribution >= 4 is 16.1 Å². The lowest BCUT2D eigenvalue weighted by Crippen LogP contribution is -1.71. The summed E-state index contributed by atoms with van der Waals surface area (Å²) < 4.78 is 20.0. The van der Waals surface area contributed by atoms with E-state index in [4.69, 9.17) is 9.79 Å². The van der Waals surface area contributed by atoms with Crippen LogP contribution in [0.4, 0.5) is 0 Å². The average Bonchev–Trinajstić information content (AvgIpc) is 1.79.